The summed E-state index contributed by atoms with van der Waals surface area (Å²) < 4.78 is 21.9. The molecule has 1 aromatic heterocycles. The van der Waals surface area contributed by atoms with Crippen LogP contribution >= 0.6 is 0 Å². The van der Waals surface area contributed by atoms with Crippen molar-refractivity contribution in [3.05, 3.63) is 17.3 Å². The number of nitrogens with one attached hydrogen (secondary N) is 1. The fourth-order valence-electron chi connectivity index (χ4n) is 0.862. The van der Waals surface area contributed by atoms with Gasteiger partial charge in [-0.2, -0.15) is 5.10 Å². The molecule has 0 amide bonds. The molecule has 0 bridgehead atoms. The number of sulfone groups is 1. The summed E-state index contributed by atoms with van der Waals surface area (Å²) in [7, 11) is -3.14. The van der Waals surface area contributed by atoms with Gasteiger partial charge < -0.3 is 0 Å². The Kier molecular flexibility index (Phi) is 0.843. The number of hydrogen-bond acceptors (Lipinski definition) is 3. The Hall–Kier alpha value is -1.10. The van der Waals surface area contributed by atoms with E-state index in [0.29, 0.717) is 5.69 Å². The van der Waals surface area contributed by atoms with E-state index in [0.717, 1.165) is 5.41 Å². The predicted octanol–water partition coefficient (Wildman–Crippen LogP) is 0.168. The van der Waals surface area contributed by atoms with Crippen LogP contribution in [0.25, 0.3) is 6.08 Å². The number of fused-ring (bicyclic) bond motifs is 1. The first-order valence-electron chi connectivity index (χ1n) is 2.67. The van der Waals surface area contributed by atoms with Gasteiger partial charge in [0.2, 0.25) is 9.84 Å². The van der Waals surface area contributed by atoms with Crippen LogP contribution in [0, 0.1) is 0 Å². The van der Waals surface area contributed by atoms with Gasteiger partial charge in [-0.05, 0) is 6.08 Å². The third kappa shape index (κ3) is 0.550. The Balaban J connectivity index is 2.88. The molecule has 0 fully saturated rings. The Morgan fingerprint density at radius 2 is 2.30 bits per heavy atom. The minimum Gasteiger partial charge on any atom is -0.277 e. The molecule has 2 heterocycles. The van der Waals surface area contributed by atoms with E-state index in [-0.39, 0.29) is 4.90 Å². The standard InChI is InChI=1S/C5H4N2O2S/c8-10(9)2-1-4-5(10)3-6-7-4/h1-3H,(H,6,7). The molecule has 52 valence electrons. The maximum absolute atomic E-state index is 11.0. The van der Waals surface area contributed by atoms with Crippen molar-refractivity contribution in [3.8, 4) is 0 Å². The molecule has 0 unspecified atom stereocenters. The van der Waals surface area contributed by atoms with Crippen molar-refractivity contribution in [2.75, 3.05) is 0 Å². The van der Waals surface area contributed by atoms with Gasteiger partial charge in [-0.1, -0.05) is 0 Å². The molecular weight excluding hydrogens is 152 g/mol. The summed E-state index contributed by atoms with van der Waals surface area (Å²) in [6.45, 7) is 0. The zero-order valence-corrected chi connectivity index (χ0v) is 5.72. The molecule has 5 heteroatoms. The predicted molar refractivity (Wildman–Crippen MR) is 34.8 cm³/mol. The van der Waals surface area contributed by atoms with E-state index in [2.05, 4.69) is 10.2 Å². The molecule has 0 radical (unpaired) electrons. The molecule has 10 heavy (non-hydrogen) atoms. The van der Waals surface area contributed by atoms with E-state index in [4.69, 9.17) is 0 Å². The maximum Gasteiger partial charge on any atom is 0.203 e. The zero-order valence-electron chi connectivity index (χ0n) is 4.90. The summed E-state index contributed by atoms with van der Waals surface area (Å²) in [5.74, 6) is 0. The maximum atomic E-state index is 11.0. The van der Waals surface area contributed by atoms with Crippen LogP contribution in [0.5, 0.6) is 0 Å². The van der Waals surface area contributed by atoms with Crippen LogP contribution in [0.3, 0.4) is 0 Å². The smallest absolute Gasteiger partial charge is 0.203 e. The van der Waals surface area contributed by atoms with Crippen molar-refractivity contribution in [1.29, 1.82) is 0 Å². The molecular formula is C5H4N2O2S. The Morgan fingerprint density at radius 1 is 1.50 bits per heavy atom. The molecule has 0 atom stereocenters. The van der Waals surface area contributed by atoms with E-state index in [9.17, 15) is 8.42 Å². The number of aromatic nitrogens is 2. The van der Waals surface area contributed by atoms with Crippen molar-refractivity contribution >= 4 is 15.9 Å². The van der Waals surface area contributed by atoms with Crippen molar-refractivity contribution in [3.63, 3.8) is 0 Å². The van der Waals surface area contributed by atoms with E-state index >= 15 is 0 Å². The van der Waals surface area contributed by atoms with E-state index < -0.39 is 9.84 Å². The number of hydrogen-bond donors (Lipinski definition) is 1. The lowest BCUT2D eigenvalue weighted by molar-refractivity contribution is 0.605. The molecule has 0 saturated heterocycles. The molecule has 2 rings (SSSR count). The monoisotopic (exact) mass is 156 g/mol. The van der Waals surface area contributed by atoms with E-state index in [1.54, 1.807) is 0 Å². The van der Waals surface area contributed by atoms with E-state index in [1.807, 2.05) is 0 Å². The quantitative estimate of drug-likeness (QED) is 0.582. The van der Waals surface area contributed by atoms with Crippen molar-refractivity contribution in [2.45, 2.75) is 4.90 Å². The average molecular weight is 156 g/mol. The fraction of sp³-hybridized carbons (Fsp3) is 0. The lowest BCUT2D eigenvalue weighted by Crippen LogP contribution is -1.89. The summed E-state index contributed by atoms with van der Waals surface area (Å²) >= 11 is 0. The highest BCUT2D eigenvalue weighted by Crippen LogP contribution is 2.23. The van der Waals surface area contributed by atoms with Gasteiger partial charge in [-0.25, -0.2) is 8.42 Å². The highest BCUT2D eigenvalue weighted by molar-refractivity contribution is 7.94. The first-order valence-corrected chi connectivity index (χ1v) is 4.21. The van der Waals surface area contributed by atoms with Crippen LogP contribution in [-0.4, -0.2) is 18.6 Å². The molecule has 4 nitrogen and oxygen atoms in total. The van der Waals surface area contributed by atoms with Gasteiger partial charge in [0.05, 0.1) is 11.9 Å². The molecule has 0 aromatic carbocycles. The van der Waals surface area contributed by atoms with Crippen molar-refractivity contribution < 1.29 is 8.42 Å². The number of aromatic amines is 1. The third-order valence-electron chi connectivity index (χ3n) is 1.35. The molecule has 0 aliphatic carbocycles. The molecule has 1 aliphatic heterocycles. The zero-order chi connectivity index (χ0) is 7.19. The van der Waals surface area contributed by atoms with Crippen LogP contribution in [0.4, 0.5) is 0 Å². The second kappa shape index (κ2) is 1.49. The van der Waals surface area contributed by atoms with Gasteiger partial charge in [-0.15, -0.1) is 0 Å². The van der Waals surface area contributed by atoms with Gasteiger partial charge in [0.25, 0.3) is 0 Å². The second-order valence-electron chi connectivity index (χ2n) is 2.00. The SMILES string of the molecule is O=S1(=O)C=Cc2[nH]ncc21. The fourth-order valence-corrected chi connectivity index (χ4v) is 1.94. The topological polar surface area (TPSA) is 62.8 Å². The number of H-pyrrole nitrogens is 1. The number of nitrogens with zero attached hydrogens (tertiary/aromatic N) is 1. The lowest BCUT2D eigenvalue weighted by atomic mass is 10.4. The summed E-state index contributed by atoms with van der Waals surface area (Å²) in [5.41, 5.74) is 0.569. The van der Waals surface area contributed by atoms with Gasteiger partial charge >= 0.3 is 0 Å². The summed E-state index contributed by atoms with van der Waals surface area (Å²) in [5, 5.41) is 7.30. The highest BCUT2D eigenvalue weighted by atomic mass is 32.2. The first kappa shape index (κ1) is 5.67. The van der Waals surface area contributed by atoms with Crippen molar-refractivity contribution in [2.24, 2.45) is 0 Å². The minimum atomic E-state index is -3.14. The van der Waals surface area contributed by atoms with Crippen LogP contribution in [0.2, 0.25) is 0 Å². The largest absolute Gasteiger partial charge is 0.277 e. The Morgan fingerprint density at radius 3 is 3.00 bits per heavy atom. The molecule has 1 aliphatic rings. The summed E-state index contributed by atoms with van der Waals surface area (Å²) in [6, 6.07) is 0. The summed E-state index contributed by atoms with van der Waals surface area (Å²) in [4.78, 5) is 0.271. The van der Waals surface area contributed by atoms with E-state index in [1.165, 1.54) is 12.3 Å². The van der Waals surface area contributed by atoms with Gasteiger partial charge in [0, 0.05) is 5.41 Å². The van der Waals surface area contributed by atoms with Crippen LogP contribution in [0.15, 0.2) is 16.5 Å². The molecule has 1 aromatic rings. The Labute approximate surface area is 57.5 Å². The second-order valence-corrected chi connectivity index (χ2v) is 3.80. The normalized spacial score (nSPS) is 19.2. The molecule has 0 spiro atoms. The minimum absolute atomic E-state index is 0.271. The molecule has 0 saturated carbocycles. The lowest BCUT2D eigenvalue weighted by Gasteiger charge is -1.84. The summed E-state index contributed by atoms with van der Waals surface area (Å²) in [6.07, 6.45) is 2.81. The van der Waals surface area contributed by atoms with Gasteiger partial charge in [0.15, 0.2) is 0 Å². The third-order valence-corrected chi connectivity index (χ3v) is 2.79. The Bertz CT molecular complexity index is 388. The highest BCUT2D eigenvalue weighted by Gasteiger charge is 2.21. The van der Waals surface area contributed by atoms with Crippen LogP contribution < -0.4 is 0 Å². The van der Waals surface area contributed by atoms with Gasteiger partial charge in [-0.3, -0.25) is 5.10 Å². The average Bonchev–Trinajstić information content (AvgIpc) is 2.36. The van der Waals surface area contributed by atoms with Crippen LogP contribution in [-0.2, 0) is 9.84 Å². The molecule has 1 N–H and O–H groups in total. The first-order chi connectivity index (χ1) is 4.70. The van der Waals surface area contributed by atoms with Crippen molar-refractivity contribution in [1.82, 2.24) is 10.2 Å². The van der Waals surface area contributed by atoms with Gasteiger partial charge in [0.1, 0.15) is 4.90 Å². The number of rotatable bonds is 0. The van der Waals surface area contributed by atoms with Crippen LogP contribution in [0.1, 0.15) is 5.69 Å².